The number of fused-ring (bicyclic) bond motifs is 2. The van der Waals surface area contributed by atoms with Crippen LogP contribution in [0.2, 0.25) is 5.02 Å². The molecule has 0 unspecified atom stereocenters. The lowest BCUT2D eigenvalue weighted by atomic mass is 9.95. The van der Waals surface area contributed by atoms with E-state index < -0.39 is 39.2 Å². The van der Waals surface area contributed by atoms with E-state index in [2.05, 4.69) is 5.32 Å². The number of carbonyl (C=O) groups excluding carboxylic acids is 1. The van der Waals surface area contributed by atoms with Crippen LogP contribution in [-0.4, -0.2) is 26.9 Å². The highest BCUT2D eigenvalue weighted by molar-refractivity contribution is 7.92. The lowest BCUT2D eigenvalue weighted by Gasteiger charge is -2.28. The van der Waals surface area contributed by atoms with Crippen LogP contribution >= 0.6 is 11.6 Å². The second-order valence-electron chi connectivity index (χ2n) is 8.84. The molecule has 2 aliphatic carbocycles. The van der Waals surface area contributed by atoms with Gasteiger partial charge < -0.3 is 5.32 Å². The topological polar surface area (TPSA) is 66.5 Å². The van der Waals surface area contributed by atoms with Gasteiger partial charge in [-0.15, -0.1) is 0 Å². The molecule has 2 bridgehead atoms. The second kappa shape index (κ2) is 8.83. The molecule has 0 aliphatic heterocycles. The fourth-order valence-electron chi connectivity index (χ4n) is 4.84. The van der Waals surface area contributed by atoms with Gasteiger partial charge in [-0.3, -0.25) is 9.10 Å². The van der Waals surface area contributed by atoms with Crippen molar-refractivity contribution in [1.29, 1.82) is 0 Å². The van der Waals surface area contributed by atoms with E-state index in [4.69, 9.17) is 11.6 Å². The van der Waals surface area contributed by atoms with E-state index in [1.54, 1.807) is 19.1 Å². The minimum Gasteiger partial charge on any atom is -0.352 e. The minimum atomic E-state index is -4.78. The van der Waals surface area contributed by atoms with E-state index in [1.807, 2.05) is 0 Å². The molecule has 2 fully saturated rings. The molecule has 3 atom stereocenters. The van der Waals surface area contributed by atoms with Crippen molar-refractivity contribution in [2.75, 3.05) is 10.8 Å². The number of nitrogens with one attached hydrogen (secondary N) is 1. The Labute approximate surface area is 196 Å². The summed E-state index contributed by atoms with van der Waals surface area (Å²) in [6, 6.07) is 8.71. The number of benzene rings is 2. The van der Waals surface area contributed by atoms with Crippen LogP contribution in [0.5, 0.6) is 0 Å². The molecule has 178 valence electrons. The molecule has 2 saturated carbocycles. The standard InChI is InChI=1S/C23H24ClF3N2O3S/c1-14-2-7-18(8-3-14)33(31,32)29(17-6-9-20(24)19(12-17)23(25,26)27)13-22(30)28-21-11-15-4-5-16(21)10-15/h2-3,6-9,12,15-16,21H,4-5,10-11,13H2,1H3,(H,28,30)/t15-,16-,21+/m0/s1. The highest BCUT2D eigenvalue weighted by Crippen LogP contribution is 2.44. The third kappa shape index (κ3) is 4.99. The molecule has 2 aliphatic rings. The Morgan fingerprint density at radius 2 is 1.82 bits per heavy atom. The summed E-state index contributed by atoms with van der Waals surface area (Å²) in [7, 11) is -4.32. The summed E-state index contributed by atoms with van der Waals surface area (Å²) in [4.78, 5) is 12.8. The molecule has 33 heavy (non-hydrogen) atoms. The van der Waals surface area contributed by atoms with Crippen molar-refractivity contribution >= 4 is 33.2 Å². The second-order valence-corrected chi connectivity index (χ2v) is 11.1. The van der Waals surface area contributed by atoms with E-state index in [-0.39, 0.29) is 16.6 Å². The molecule has 10 heteroatoms. The summed E-state index contributed by atoms with van der Waals surface area (Å²) in [6.07, 6.45) is -0.733. The zero-order valence-electron chi connectivity index (χ0n) is 17.9. The quantitative estimate of drug-likeness (QED) is 0.595. The predicted molar refractivity (Wildman–Crippen MR) is 120 cm³/mol. The first kappa shape index (κ1) is 23.9. The van der Waals surface area contributed by atoms with Gasteiger partial charge in [-0.05, 0) is 68.4 Å². The van der Waals surface area contributed by atoms with Crippen molar-refractivity contribution in [3.63, 3.8) is 0 Å². The van der Waals surface area contributed by atoms with Gasteiger partial charge in [0, 0.05) is 6.04 Å². The zero-order chi connectivity index (χ0) is 24.0. The van der Waals surface area contributed by atoms with Crippen LogP contribution in [0.1, 0.15) is 36.8 Å². The average Bonchev–Trinajstić information content (AvgIpc) is 3.35. The number of sulfonamides is 1. The first-order valence-corrected chi connectivity index (χ1v) is 12.5. The van der Waals surface area contributed by atoms with E-state index in [0.29, 0.717) is 22.2 Å². The van der Waals surface area contributed by atoms with Gasteiger partial charge in [0.1, 0.15) is 6.54 Å². The molecule has 1 amide bonds. The predicted octanol–water partition coefficient (Wildman–Crippen LogP) is 5.17. The number of halogens is 4. The van der Waals surface area contributed by atoms with E-state index in [1.165, 1.54) is 18.2 Å². The minimum absolute atomic E-state index is 0.0314. The van der Waals surface area contributed by atoms with Crippen molar-refractivity contribution in [3.8, 4) is 0 Å². The van der Waals surface area contributed by atoms with Crippen molar-refractivity contribution in [3.05, 3.63) is 58.6 Å². The molecule has 2 aromatic rings. The summed E-state index contributed by atoms with van der Waals surface area (Å²) in [5.74, 6) is 0.388. The summed E-state index contributed by atoms with van der Waals surface area (Å²) in [6.45, 7) is 1.15. The Morgan fingerprint density at radius 3 is 2.39 bits per heavy atom. The van der Waals surface area contributed by atoms with Crippen LogP contribution < -0.4 is 9.62 Å². The average molecular weight is 501 g/mol. The van der Waals surface area contributed by atoms with Crippen LogP contribution in [0.4, 0.5) is 18.9 Å². The molecule has 1 N–H and O–H groups in total. The highest BCUT2D eigenvalue weighted by Gasteiger charge is 2.41. The zero-order valence-corrected chi connectivity index (χ0v) is 19.5. The number of amides is 1. The van der Waals surface area contributed by atoms with Gasteiger partial charge in [-0.25, -0.2) is 8.42 Å². The highest BCUT2D eigenvalue weighted by atomic mass is 35.5. The van der Waals surface area contributed by atoms with E-state index in [0.717, 1.165) is 37.3 Å². The number of aryl methyl sites for hydroxylation is 1. The largest absolute Gasteiger partial charge is 0.417 e. The maximum absolute atomic E-state index is 13.4. The van der Waals surface area contributed by atoms with E-state index in [9.17, 15) is 26.4 Å². The summed E-state index contributed by atoms with van der Waals surface area (Å²) >= 11 is 5.72. The molecule has 5 nitrogen and oxygen atoms in total. The molecule has 0 saturated heterocycles. The third-order valence-electron chi connectivity index (χ3n) is 6.52. The first-order valence-electron chi connectivity index (χ1n) is 10.7. The van der Waals surface area contributed by atoms with Gasteiger partial charge in [0.25, 0.3) is 10.0 Å². The summed E-state index contributed by atoms with van der Waals surface area (Å²) in [5.41, 5.74) is -0.630. The van der Waals surface area contributed by atoms with Crippen LogP contribution in [0, 0.1) is 18.8 Å². The van der Waals surface area contributed by atoms with Gasteiger partial charge in [0.15, 0.2) is 0 Å². The molecule has 0 radical (unpaired) electrons. The Kier molecular flexibility index (Phi) is 6.39. The van der Waals surface area contributed by atoms with Crippen LogP contribution in [0.15, 0.2) is 47.4 Å². The molecular weight excluding hydrogens is 477 g/mol. The normalized spacial score (nSPS) is 22.4. The molecule has 0 aromatic heterocycles. The van der Waals surface area contributed by atoms with Gasteiger partial charge in [0.05, 0.1) is 21.2 Å². The lowest BCUT2D eigenvalue weighted by molar-refractivity contribution is -0.137. The fraction of sp³-hybridized carbons (Fsp3) is 0.435. The fourth-order valence-corrected chi connectivity index (χ4v) is 6.48. The Morgan fingerprint density at radius 1 is 1.12 bits per heavy atom. The number of carbonyl (C=O) groups is 1. The Bertz CT molecular complexity index is 1150. The molecule has 0 heterocycles. The SMILES string of the molecule is Cc1ccc(S(=O)(=O)N(CC(=O)N[C@@H]2C[C@H]3CC[C@H]2C3)c2ccc(Cl)c(C(F)(F)F)c2)cc1. The maximum Gasteiger partial charge on any atom is 0.417 e. The number of hydrogen-bond donors (Lipinski definition) is 1. The monoisotopic (exact) mass is 500 g/mol. The summed E-state index contributed by atoms with van der Waals surface area (Å²) < 4.78 is 67.9. The smallest absolute Gasteiger partial charge is 0.352 e. The van der Waals surface area contributed by atoms with Gasteiger partial charge in [0.2, 0.25) is 5.91 Å². The molecule has 0 spiro atoms. The molecule has 2 aromatic carbocycles. The summed E-state index contributed by atoms with van der Waals surface area (Å²) in [5, 5.41) is 2.36. The Hall–Kier alpha value is -2.26. The maximum atomic E-state index is 13.4. The van der Waals surface area contributed by atoms with Gasteiger partial charge in [-0.2, -0.15) is 13.2 Å². The third-order valence-corrected chi connectivity index (χ3v) is 8.64. The van der Waals surface area contributed by atoms with Gasteiger partial charge in [-0.1, -0.05) is 35.7 Å². The number of hydrogen-bond acceptors (Lipinski definition) is 3. The number of nitrogens with zero attached hydrogens (tertiary/aromatic N) is 1. The number of rotatable bonds is 6. The van der Waals surface area contributed by atoms with Crippen LogP contribution in [0.25, 0.3) is 0 Å². The number of alkyl halides is 3. The van der Waals surface area contributed by atoms with Crippen molar-refractivity contribution < 1.29 is 26.4 Å². The Balaban J connectivity index is 1.68. The van der Waals surface area contributed by atoms with Crippen LogP contribution in [0.3, 0.4) is 0 Å². The first-order chi connectivity index (χ1) is 15.4. The lowest BCUT2D eigenvalue weighted by Crippen LogP contribution is -2.46. The molecule has 4 rings (SSSR count). The number of anilines is 1. The van der Waals surface area contributed by atoms with Crippen molar-refractivity contribution in [2.45, 2.75) is 49.7 Å². The van der Waals surface area contributed by atoms with E-state index >= 15 is 0 Å². The van der Waals surface area contributed by atoms with Crippen molar-refractivity contribution in [1.82, 2.24) is 5.32 Å². The van der Waals surface area contributed by atoms with Crippen molar-refractivity contribution in [2.24, 2.45) is 11.8 Å². The molecular formula is C23H24ClF3N2O3S. The van der Waals surface area contributed by atoms with Crippen LogP contribution in [-0.2, 0) is 21.0 Å². The van der Waals surface area contributed by atoms with Gasteiger partial charge >= 0.3 is 6.18 Å².